The summed E-state index contributed by atoms with van der Waals surface area (Å²) in [6.45, 7) is 5.38. The molecule has 0 aliphatic carbocycles. The Bertz CT molecular complexity index is 702. The van der Waals surface area contributed by atoms with E-state index in [-0.39, 0.29) is 16.5 Å². The minimum absolute atomic E-state index is 0.103. The standard InChI is InChI=1S/C19H26N4O3/c24-19(7-11-20-8-1-2-9-20)22-14-17-4-3-10-21(17)13-15-12-16(23(25)26)5-6-18(15)22/h5-6,12,17H,1-4,7-11,13-14H2. The van der Waals surface area contributed by atoms with Crippen molar-refractivity contribution in [2.75, 3.05) is 37.6 Å². The summed E-state index contributed by atoms with van der Waals surface area (Å²) in [5.74, 6) is 0.140. The molecule has 1 atom stereocenters. The van der Waals surface area contributed by atoms with E-state index in [1.807, 2.05) is 4.90 Å². The molecule has 0 radical (unpaired) electrons. The normalized spacial score (nSPS) is 23.5. The van der Waals surface area contributed by atoms with Crippen molar-refractivity contribution in [1.29, 1.82) is 0 Å². The van der Waals surface area contributed by atoms with Crippen LogP contribution in [0.4, 0.5) is 11.4 Å². The van der Waals surface area contributed by atoms with Crippen LogP contribution >= 0.6 is 0 Å². The van der Waals surface area contributed by atoms with Gasteiger partial charge in [-0.15, -0.1) is 0 Å². The summed E-state index contributed by atoms with van der Waals surface area (Å²) >= 11 is 0. The summed E-state index contributed by atoms with van der Waals surface area (Å²) in [5.41, 5.74) is 1.86. The molecular weight excluding hydrogens is 332 g/mol. The number of nitrogens with zero attached hydrogens (tertiary/aromatic N) is 4. The lowest BCUT2D eigenvalue weighted by atomic mass is 10.1. The predicted molar refractivity (Wildman–Crippen MR) is 99.2 cm³/mol. The molecule has 0 saturated carbocycles. The first kappa shape index (κ1) is 17.4. The third-order valence-corrected chi connectivity index (χ3v) is 5.97. The molecule has 0 N–H and O–H groups in total. The topological polar surface area (TPSA) is 69.9 Å². The van der Waals surface area contributed by atoms with Gasteiger partial charge in [-0.3, -0.25) is 19.8 Å². The Morgan fingerprint density at radius 3 is 2.77 bits per heavy atom. The Hall–Kier alpha value is -1.99. The van der Waals surface area contributed by atoms with Crippen LogP contribution in [0.15, 0.2) is 18.2 Å². The third kappa shape index (κ3) is 3.46. The molecule has 0 bridgehead atoms. The number of carbonyl (C=O) groups excluding carboxylic acids is 1. The number of nitro benzene ring substituents is 1. The number of likely N-dealkylation sites (tertiary alicyclic amines) is 1. The molecule has 1 aromatic carbocycles. The first-order valence-corrected chi connectivity index (χ1v) is 9.66. The maximum Gasteiger partial charge on any atom is 0.269 e. The summed E-state index contributed by atoms with van der Waals surface area (Å²) in [5, 5.41) is 11.2. The molecule has 4 rings (SSSR count). The van der Waals surface area contributed by atoms with Gasteiger partial charge in [0.15, 0.2) is 0 Å². The maximum atomic E-state index is 13.0. The van der Waals surface area contributed by atoms with Gasteiger partial charge in [0.25, 0.3) is 5.69 Å². The molecule has 140 valence electrons. The van der Waals surface area contributed by atoms with Gasteiger partial charge in [-0.1, -0.05) is 0 Å². The molecule has 3 aliphatic rings. The molecule has 3 aliphatic heterocycles. The zero-order valence-corrected chi connectivity index (χ0v) is 15.1. The fraction of sp³-hybridized carbons (Fsp3) is 0.632. The molecule has 2 fully saturated rings. The number of carbonyl (C=O) groups is 1. The monoisotopic (exact) mass is 358 g/mol. The van der Waals surface area contributed by atoms with E-state index < -0.39 is 0 Å². The Morgan fingerprint density at radius 1 is 1.19 bits per heavy atom. The first-order valence-electron chi connectivity index (χ1n) is 9.66. The van der Waals surface area contributed by atoms with E-state index in [0.29, 0.717) is 25.6 Å². The molecule has 7 heteroatoms. The highest BCUT2D eigenvalue weighted by Crippen LogP contribution is 2.34. The third-order valence-electron chi connectivity index (χ3n) is 5.97. The highest BCUT2D eigenvalue weighted by molar-refractivity contribution is 5.94. The molecule has 26 heavy (non-hydrogen) atoms. The Morgan fingerprint density at radius 2 is 2.00 bits per heavy atom. The van der Waals surface area contributed by atoms with Crippen molar-refractivity contribution in [2.24, 2.45) is 0 Å². The minimum Gasteiger partial charge on any atom is -0.310 e. The van der Waals surface area contributed by atoms with Crippen LogP contribution in [-0.4, -0.2) is 59.4 Å². The summed E-state index contributed by atoms with van der Waals surface area (Å²) in [4.78, 5) is 30.5. The number of nitro groups is 1. The predicted octanol–water partition coefficient (Wildman–Crippen LogP) is 2.39. The van der Waals surface area contributed by atoms with Crippen molar-refractivity contribution in [3.63, 3.8) is 0 Å². The van der Waals surface area contributed by atoms with Crippen LogP contribution in [0.3, 0.4) is 0 Å². The number of fused-ring (bicyclic) bond motifs is 2. The average Bonchev–Trinajstić information content (AvgIpc) is 3.27. The SMILES string of the molecule is O=C(CCN1CCCC1)N1CC2CCCN2Cc2cc([N+](=O)[O-])ccc21. The van der Waals surface area contributed by atoms with Crippen molar-refractivity contribution in [1.82, 2.24) is 9.80 Å². The summed E-state index contributed by atoms with van der Waals surface area (Å²) in [7, 11) is 0. The number of non-ortho nitro benzene ring substituents is 1. The summed E-state index contributed by atoms with van der Waals surface area (Å²) in [6.07, 6.45) is 5.18. The highest BCUT2D eigenvalue weighted by atomic mass is 16.6. The molecule has 0 aromatic heterocycles. The second-order valence-electron chi connectivity index (χ2n) is 7.64. The molecular formula is C19H26N4O3. The fourth-order valence-electron chi connectivity index (χ4n) is 4.54. The average molecular weight is 358 g/mol. The van der Waals surface area contributed by atoms with Gasteiger partial charge in [-0.05, 0) is 56.9 Å². The Labute approximate surface area is 153 Å². The molecule has 7 nitrogen and oxygen atoms in total. The van der Waals surface area contributed by atoms with Gasteiger partial charge in [0.05, 0.1) is 4.92 Å². The van der Waals surface area contributed by atoms with Gasteiger partial charge in [-0.25, -0.2) is 0 Å². The lowest BCUT2D eigenvalue weighted by Gasteiger charge is -2.27. The largest absolute Gasteiger partial charge is 0.310 e. The summed E-state index contributed by atoms with van der Waals surface area (Å²) in [6, 6.07) is 5.30. The quantitative estimate of drug-likeness (QED) is 0.611. The number of rotatable bonds is 4. The van der Waals surface area contributed by atoms with Gasteiger partial charge in [0.2, 0.25) is 5.91 Å². The van der Waals surface area contributed by atoms with Gasteiger partial charge in [-0.2, -0.15) is 0 Å². The van der Waals surface area contributed by atoms with Crippen LogP contribution in [0.2, 0.25) is 0 Å². The van der Waals surface area contributed by atoms with Crippen LogP contribution in [0.5, 0.6) is 0 Å². The van der Waals surface area contributed by atoms with E-state index in [4.69, 9.17) is 0 Å². The van der Waals surface area contributed by atoms with Crippen LogP contribution in [0.1, 0.15) is 37.7 Å². The molecule has 1 aromatic rings. The number of hydrogen-bond donors (Lipinski definition) is 0. The van der Waals surface area contributed by atoms with Crippen LogP contribution < -0.4 is 4.90 Å². The van der Waals surface area contributed by atoms with Crippen molar-refractivity contribution >= 4 is 17.3 Å². The number of amides is 1. The van der Waals surface area contributed by atoms with Gasteiger partial charge < -0.3 is 9.80 Å². The van der Waals surface area contributed by atoms with Crippen molar-refractivity contribution < 1.29 is 9.72 Å². The van der Waals surface area contributed by atoms with E-state index in [9.17, 15) is 14.9 Å². The second-order valence-corrected chi connectivity index (χ2v) is 7.64. The molecule has 2 saturated heterocycles. The van der Waals surface area contributed by atoms with Gasteiger partial charge >= 0.3 is 0 Å². The summed E-state index contributed by atoms with van der Waals surface area (Å²) < 4.78 is 0. The minimum atomic E-state index is -0.355. The molecule has 1 amide bonds. The zero-order chi connectivity index (χ0) is 18.1. The lowest BCUT2D eigenvalue weighted by Crippen LogP contribution is -2.41. The van der Waals surface area contributed by atoms with Crippen molar-refractivity contribution in [2.45, 2.75) is 44.7 Å². The first-order chi connectivity index (χ1) is 12.6. The zero-order valence-electron chi connectivity index (χ0n) is 15.1. The Balaban J connectivity index is 1.58. The van der Waals surface area contributed by atoms with E-state index in [1.54, 1.807) is 12.1 Å². The van der Waals surface area contributed by atoms with Gasteiger partial charge in [0.1, 0.15) is 0 Å². The van der Waals surface area contributed by atoms with Gasteiger partial charge in [0, 0.05) is 49.9 Å². The highest BCUT2D eigenvalue weighted by Gasteiger charge is 2.34. The lowest BCUT2D eigenvalue weighted by molar-refractivity contribution is -0.384. The maximum absolute atomic E-state index is 13.0. The van der Waals surface area contributed by atoms with Crippen LogP contribution in [-0.2, 0) is 11.3 Å². The number of benzene rings is 1. The number of anilines is 1. The molecule has 3 heterocycles. The van der Waals surface area contributed by atoms with Crippen molar-refractivity contribution in [3.05, 3.63) is 33.9 Å². The van der Waals surface area contributed by atoms with E-state index >= 15 is 0 Å². The van der Waals surface area contributed by atoms with E-state index in [2.05, 4.69) is 9.80 Å². The van der Waals surface area contributed by atoms with Crippen molar-refractivity contribution in [3.8, 4) is 0 Å². The van der Waals surface area contributed by atoms with E-state index in [1.165, 1.54) is 18.9 Å². The second kappa shape index (κ2) is 7.32. The van der Waals surface area contributed by atoms with E-state index in [0.717, 1.165) is 50.3 Å². The van der Waals surface area contributed by atoms with Crippen LogP contribution in [0, 0.1) is 10.1 Å². The smallest absolute Gasteiger partial charge is 0.269 e. The fourth-order valence-corrected chi connectivity index (χ4v) is 4.54. The van der Waals surface area contributed by atoms with Crippen LogP contribution in [0.25, 0.3) is 0 Å². The molecule has 1 unspecified atom stereocenters. The number of hydrogen-bond acceptors (Lipinski definition) is 5. The molecule has 0 spiro atoms. The Kier molecular flexibility index (Phi) is 4.91.